The highest BCUT2D eigenvalue weighted by molar-refractivity contribution is 9.09. The number of nitrogens with zero attached hydrogens (tertiary/aromatic N) is 3. The van der Waals surface area contributed by atoms with Crippen LogP contribution >= 0.6 is 15.9 Å². The number of hydrogen-bond acceptors (Lipinski definition) is 4. The molecule has 2 heterocycles. The SMILES string of the molecule is O=C(c1ccnnc1)N1CCOC(CBr)C1. The number of hydrogen-bond donors (Lipinski definition) is 0. The van der Waals surface area contributed by atoms with Crippen molar-refractivity contribution in [2.45, 2.75) is 6.10 Å². The van der Waals surface area contributed by atoms with Crippen LogP contribution in [0.3, 0.4) is 0 Å². The minimum Gasteiger partial charge on any atom is -0.374 e. The van der Waals surface area contributed by atoms with Gasteiger partial charge >= 0.3 is 0 Å². The van der Waals surface area contributed by atoms with Gasteiger partial charge in [-0.3, -0.25) is 4.79 Å². The third kappa shape index (κ3) is 2.56. The number of aromatic nitrogens is 2. The summed E-state index contributed by atoms with van der Waals surface area (Å²) in [5, 5.41) is 8.09. The van der Waals surface area contributed by atoms with E-state index >= 15 is 0 Å². The molecule has 0 radical (unpaired) electrons. The van der Waals surface area contributed by atoms with Crippen LogP contribution < -0.4 is 0 Å². The maximum atomic E-state index is 12.0. The Hall–Kier alpha value is -1.01. The highest BCUT2D eigenvalue weighted by Crippen LogP contribution is 2.11. The van der Waals surface area contributed by atoms with E-state index in [0.29, 0.717) is 25.3 Å². The lowest BCUT2D eigenvalue weighted by molar-refractivity contribution is -0.00967. The average Bonchev–Trinajstić information content (AvgIpc) is 2.39. The first-order valence-electron chi connectivity index (χ1n) is 5.05. The van der Waals surface area contributed by atoms with E-state index in [0.717, 1.165) is 5.33 Å². The van der Waals surface area contributed by atoms with Crippen LogP contribution in [-0.2, 0) is 4.74 Å². The van der Waals surface area contributed by atoms with Gasteiger partial charge in [0.15, 0.2) is 0 Å². The molecular formula is C10H12BrN3O2. The molecule has 1 aliphatic heterocycles. The molecule has 2 rings (SSSR count). The molecular weight excluding hydrogens is 274 g/mol. The van der Waals surface area contributed by atoms with Crippen LogP contribution in [0.25, 0.3) is 0 Å². The molecule has 1 atom stereocenters. The van der Waals surface area contributed by atoms with Crippen LogP contribution in [0.1, 0.15) is 10.4 Å². The van der Waals surface area contributed by atoms with Crippen molar-refractivity contribution in [3.05, 3.63) is 24.0 Å². The van der Waals surface area contributed by atoms with Crippen molar-refractivity contribution in [1.82, 2.24) is 15.1 Å². The summed E-state index contributed by atoms with van der Waals surface area (Å²) < 4.78 is 5.47. The van der Waals surface area contributed by atoms with Gasteiger partial charge in [-0.25, -0.2) is 0 Å². The molecule has 1 aromatic rings. The fraction of sp³-hybridized carbons (Fsp3) is 0.500. The first kappa shape index (κ1) is 11.5. The van der Waals surface area contributed by atoms with Crippen LogP contribution in [-0.4, -0.2) is 52.1 Å². The van der Waals surface area contributed by atoms with Gasteiger partial charge in [-0.05, 0) is 6.07 Å². The number of rotatable bonds is 2. The van der Waals surface area contributed by atoms with Gasteiger partial charge in [-0.15, -0.1) is 0 Å². The largest absolute Gasteiger partial charge is 0.374 e. The molecule has 0 aromatic carbocycles. The molecule has 1 amide bonds. The zero-order valence-electron chi connectivity index (χ0n) is 8.67. The van der Waals surface area contributed by atoms with Gasteiger partial charge in [0.1, 0.15) is 0 Å². The number of carbonyl (C=O) groups excluding carboxylic acids is 1. The summed E-state index contributed by atoms with van der Waals surface area (Å²) in [6.45, 7) is 1.83. The van der Waals surface area contributed by atoms with Crippen molar-refractivity contribution in [3.63, 3.8) is 0 Å². The molecule has 1 saturated heterocycles. The fourth-order valence-corrected chi connectivity index (χ4v) is 1.99. The van der Waals surface area contributed by atoms with Gasteiger partial charge in [0.2, 0.25) is 0 Å². The normalized spacial score (nSPS) is 20.8. The molecule has 0 bridgehead atoms. The predicted octanol–water partition coefficient (Wildman–Crippen LogP) is 0.712. The average molecular weight is 286 g/mol. The molecule has 0 N–H and O–H groups in total. The van der Waals surface area contributed by atoms with Crippen LogP contribution in [0.5, 0.6) is 0 Å². The zero-order chi connectivity index (χ0) is 11.4. The lowest BCUT2D eigenvalue weighted by Gasteiger charge is -2.32. The van der Waals surface area contributed by atoms with Gasteiger partial charge in [0.25, 0.3) is 5.91 Å². The fourth-order valence-electron chi connectivity index (χ4n) is 1.60. The van der Waals surface area contributed by atoms with E-state index in [1.165, 1.54) is 12.4 Å². The molecule has 1 unspecified atom stereocenters. The van der Waals surface area contributed by atoms with Crippen LogP contribution in [0.4, 0.5) is 0 Å². The molecule has 1 fully saturated rings. The van der Waals surface area contributed by atoms with E-state index in [-0.39, 0.29) is 12.0 Å². The maximum Gasteiger partial charge on any atom is 0.255 e. The molecule has 1 aromatic heterocycles. The minimum absolute atomic E-state index is 0.0100. The topological polar surface area (TPSA) is 55.3 Å². The Morgan fingerprint density at radius 2 is 2.50 bits per heavy atom. The molecule has 0 spiro atoms. The summed E-state index contributed by atoms with van der Waals surface area (Å²) in [6.07, 6.45) is 3.09. The van der Waals surface area contributed by atoms with Crippen molar-refractivity contribution < 1.29 is 9.53 Å². The van der Waals surface area contributed by atoms with Crippen LogP contribution in [0, 0.1) is 0 Å². The number of carbonyl (C=O) groups is 1. The van der Waals surface area contributed by atoms with Gasteiger partial charge in [-0.1, -0.05) is 15.9 Å². The van der Waals surface area contributed by atoms with Gasteiger partial charge in [0.05, 0.1) is 30.7 Å². The first-order chi connectivity index (χ1) is 7.81. The van der Waals surface area contributed by atoms with Crippen LogP contribution in [0.15, 0.2) is 18.5 Å². The lowest BCUT2D eigenvalue weighted by Crippen LogP contribution is -2.46. The van der Waals surface area contributed by atoms with E-state index in [1.807, 2.05) is 0 Å². The Labute approximate surface area is 102 Å². The maximum absolute atomic E-state index is 12.0. The second-order valence-corrected chi connectivity index (χ2v) is 4.18. The smallest absolute Gasteiger partial charge is 0.255 e. The molecule has 6 heteroatoms. The molecule has 86 valence electrons. The second-order valence-electron chi connectivity index (χ2n) is 3.53. The molecule has 1 aliphatic rings. The number of amides is 1. The Morgan fingerprint density at radius 1 is 1.62 bits per heavy atom. The van der Waals surface area contributed by atoms with E-state index in [2.05, 4.69) is 26.1 Å². The Kier molecular flexibility index (Phi) is 3.84. The highest BCUT2D eigenvalue weighted by atomic mass is 79.9. The molecule has 5 nitrogen and oxygen atoms in total. The Morgan fingerprint density at radius 3 is 3.19 bits per heavy atom. The third-order valence-corrected chi connectivity index (χ3v) is 3.15. The molecule has 0 saturated carbocycles. The lowest BCUT2D eigenvalue weighted by atomic mass is 10.2. The number of halogens is 1. The quantitative estimate of drug-likeness (QED) is 0.751. The monoisotopic (exact) mass is 285 g/mol. The summed E-state index contributed by atoms with van der Waals surface area (Å²) in [6, 6.07) is 1.67. The molecule has 0 aliphatic carbocycles. The Bertz CT molecular complexity index is 360. The second kappa shape index (κ2) is 5.36. The summed E-state index contributed by atoms with van der Waals surface area (Å²) in [5.74, 6) is -0.0100. The predicted molar refractivity (Wildman–Crippen MR) is 61.5 cm³/mol. The highest BCUT2D eigenvalue weighted by Gasteiger charge is 2.24. The van der Waals surface area contributed by atoms with Gasteiger partial charge < -0.3 is 9.64 Å². The molecule has 16 heavy (non-hydrogen) atoms. The van der Waals surface area contributed by atoms with E-state index < -0.39 is 0 Å². The summed E-state index contributed by atoms with van der Waals surface area (Å²) in [7, 11) is 0. The van der Waals surface area contributed by atoms with Crippen molar-refractivity contribution >= 4 is 21.8 Å². The van der Waals surface area contributed by atoms with Crippen molar-refractivity contribution in [2.24, 2.45) is 0 Å². The summed E-state index contributed by atoms with van der Waals surface area (Å²) >= 11 is 3.36. The number of alkyl halides is 1. The number of ether oxygens (including phenoxy) is 1. The Balaban J connectivity index is 2.05. The summed E-state index contributed by atoms with van der Waals surface area (Å²) in [5.41, 5.74) is 0.574. The van der Waals surface area contributed by atoms with E-state index in [4.69, 9.17) is 4.74 Å². The third-order valence-electron chi connectivity index (χ3n) is 2.43. The summed E-state index contributed by atoms with van der Waals surface area (Å²) in [4.78, 5) is 13.8. The van der Waals surface area contributed by atoms with Crippen molar-refractivity contribution in [3.8, 4) is 0 Å². The van der Waals surface area contributed by atoms with Gasteiger partial charge in [-0.2, -0.15) is 10.2 Å². The minimum atomic E-state index is -0.0100. The standard InChI is InChI=1S/C10H12BrN3O2/c11-5-9-7-14(3-4-16-9)10(15)8-1-2-12-13-6-8/h1-2,6,9H,3-5,7H2. The van der Waals surface area contributed by atoms with Crippen LogP contribution in [0.2, 0.25) is 0 Å². The zero-order valence-corrected chi connectivity index (χ0v) is 10.3. The number of morpholine rings is 1. The van der Waals surface area contributed by atoms with E-state index in [9.17, 15) is 4.79 Å². The van der Waals surface area contributed by atoms with Crippen molar-refractivity contribution in [1.29, 1.82) is 0 Å². The van der Waals surface area contributed by atoms with E-state index in [1.54, 1.807) is 11.0 Å². The van der Waals surface area contributed by atoms with Gasteiger partial charge in [0, 0.05) is 18.4 Å². The first-order valence-corrected chi connectivity index (χ1v) is 6.17. The van der Waals surface area contributed by atoms with Crippen molar-refractivity contribution in [2.75, 3.05) is 25.0 Å².